The van der Waals surface area contributed by atoms with Gasteiger partial charge in [-0.05, 0) is 54.8 Å². The third-order valence-electron chi connectivity index (χ3n) is 5.10. The largest absolute Gasteiger partial charge is 0.325 e. The average Bonchev–Trinajstić information content (AvgIpc) is 3.36. The van der Waals surface area contributed by atoms with Gasteiger partial charge in [-0.3, -0.25) is 4.79 Å². The van der Waals surface area contributed by atoms with Crippen molar-refractivity contribution in [2.75, 3.05) is 5.32 Å². The van der Waals surface area contributed by atoms with Crippen LogP contribution in [0.5, 0.6) is 0 Å². The van der Waals surface area contributed by atoms with Crippen LogP contribution in [0.15, 0.2) is 61.2 Å². The molecule has 1 N–H and O–H groups in total. The highest BCUT2D eigenvalue weighted by atomic mass is 19.1. The predicted octanol–water partition coefficient (Wildman–Crippen LogP) is 3.86. The Balaban J connectivity index is 1.56. The molecule has 1 fully saturated rings. The molecule has 0 aliphatic heterocycles. The third-order valence-corrected chi connectivity index (χ3v) is 5.10. The predicted molar refractivity (Wildman–Crippen MR) is 96.5 cm³/mol. The fourth-order valence-electron chi connectivity index (χ4n) is 3.68. The molecule has 5 nitrogen and oxygen atoms in total. The zero-order valence-corrected chi connectivity index (χ0v) is 14.2. The minimum atomic E-state index is -0.585. The maximum Gasteiger partial charge on any atom is 0.235 e. The van der Waals surface area contributed by atoms with Gasteiger partial charge < -0.3 is 5.32 Å². The summed E-state index contributed by atoms with van der Waals surface area (Å²) in [6.07, 6.45) is 6.65. The van der Waals surface area contributed by atoms with Crippen molar-refractivity contribution in [2.24, 2.45) is 0 Å². The molecule has 26 heavy (non-hydrogen) atoms. The van der Waals surface area contributed by atoms with Gasteiger partial charge in [0.15, 0.2) is 0 Å². The van der Waals surface area contributed by atoms with E-state index in [1.807, 2.05) is 24.3 Å². The number of halogens is 1. The molecule has 1 aromatic heterocycles. The van der Waals surface area contributed by atoms with Crippen LogP contribution in [0.25, 0.3) is 5.69 Å². The number of anilines is 1. The summed E-state index contributed by atoms with van der Waals surface area (Å²) in [5, 5.41) is 7.12. The minimum Gasteiger partial charge on any atom is -0.325 e. The molecule has 2 aromatic carbocycles. The van der Waals surface area contributed by atoms with Crippen molar-refractivity contribution in [2.45, 2.75) is 31.1 Å². The molecule has 4 rings (SSSR count). The van der Waals surface area contributed by atoms with Gasteiger partial charge in [0.1, 0.15) is 18.5 Å². The van der Waals surface area contributed by atoms with Crippen molar-refractivity contribution in [3.8, 4) is 5.69 Å². The smallest absolute Gasteiger partial charge is 0.235 e. The van der Waals surface area contributed by atoms with E-state index < -0.39 is 5.41 Å². The van der Waals surface area contributed by atoms with E-state index in [0.29, 0.717) is 0 Å². The molecule has 6 heteroatoms. The highest BCUT2D eigenvalue weighted by Gasteiger charge is 2.42. The molecular weight excluding hydrogens is 331 g/mol. The number of carbonyl (C=O) groups excluding carboxylic acids is 1. The molecule has 1 heterocycles. The lowest BCUT2D eigenvalue weighted by Crippen LogP contribution is -2.38. The van der Waals surface area contributed by atoms with Gasteiger partial charge in [0.25, 0.3) is 0 Å². The van der Waals surface area contributed by atoms with Gasteiger partial charge in [-0.15, -0.1) is 0 Å². The lowest BCUT2D eigenvalue weighted by Gasteiger charge is -2.28. The van der Waals surface area contributed by atoms with Crippen LogP contribution in [0.2, 0.25) is 0 Å². The number of carbonyl (C=O) groups is 1. The first-order valence-electron chi connectivity index (χ1n) is 8.70. The molecule has 0 spiro atoms. The highest BCUT2D eigenvalue weighted by Crippen LogP contribution is 2.42. The van der Waals surface area contributed by atoms with Crippen molar-refractivity contribution in [3.63, 3.8) is 0 Å². The molecule has 0 saturated heterocycles. The van der Waals surface area contributed by atoms with Gasteiger partial charge in [-0.25, -0.2) is 14.1 Å². The number of nitrogens with zero attached hydrogens (tertiary/aromatic N) is 3. The topological polar surface area (TPSA) is 59.8 Å². The van der Waals surface area contributed by atoms with E-state index >= 15 is 0 Å². The molecule has 3 aromatic rings. The van der Waals surface area contributed by atoms with E-state index in [1.54, 1.807) is 23.1 Å². The summed E-state index contributed by atoms with van der Waals surface area (Å²) in [6.45, 7) is 0. The second-order valence-electron chi connectivity index (χ2n) is 6.64. The number of nitrogens with one attached hydrogen (secondary N) is 1. The van der Waals surface area contributed by atoms with Gasteiger partial charge in [-0.1, -0.05) is 25.0 Å². The average molecular weight is 350 g/mol. The molecule has 0 radical (unpaired) electrons. The quantitative estimate of drug-likeness (QED) is 0.777. The van der Waals surface area contributed by atoms with Crippen LogP contribution in [0.4, 0.5) is 10.1 Å². The van der Waals surface area contributed by atoms with Gasteiger partial charge in [-0.2, -0.15) is 5.10 Å². The van der Waals surface area contributed by atoms with Crippen LogP contribution in [0.1, 0.15) is 31.2 Å². The van der Waals surface area contributed by atoms with E-state index in [4.69, 9.17) is 0 Å². The van der Waals surface area contributed by atoms with Gasteiger partial charge in [0.2, 0.25) is 5.91 Å². The summed E-state index contributed by atoms with van der Waals surface area (Å²) in [7, 11) is 0. The first-order chi connectivity index (χ1) is 12.7. The van der Waals surface area contributed by atoms with Crippen LogP contribution in [0.3, 0.4) is 0 Å². The first-order valence-corrected chi connectivity index (χ1v) is 8.70. The molecule has 1 aliphatic rings. The van der Waals surface area contributed by atoms with Crippen LogP contribution in [0, 0.1) is 5.82 Å². The monoisotopic (exact) mass is 350 g/mol. The molecule has 0 bridgehead atoms. The van der Waals surface area contributed by atoms with Crippen molar-refractivity contribution in [1.82, 2.24) is 14.8 Å². The Labute approximate surface area is 150 Å². The minimum absolute atomic E-state index is 0.0323. The van der Waals surface area contributed by atoms with Crippen LogP contribution in [-0.4, -0.2) is 20.7 Å². The summed E-state index contributed by atoms with van der Waals surface area (Å²) in [5.74, 6) is -0.318. The SMILES string of the molecule is O=C(Nc1ccc(-n2cncn2)cc1)C1(c2ccc(F)cc2)CCCC1. The summed E-state index contributed by atoms with van der Waals surface area (Å²) >= 11 is 0. The highest BCUT2D eigenvalue weighted by molar-refractivity contribution is 5.99. The number of hydrogen-bond donors (Lipinski definition) is 1. The first kappa shape index (κ1) is 16.4. The summed E-state index contributed by atoms with van der Waals surface area (Å²) in [6, 6.07) is 13.8. The van der Waals surface area contributed by atoms with Crippen molar-refractivity contribution in [1.29, 1.82) is 0 Å². The molecule has 0 unspecified atom stereocenters. The molecule has 0 atom stereocenters. The van der Waals surface area contributed by atoms with Gasteiger partial charge in [0.05, 0.1) is 11.1 Å². The fraction of sp³-hybridized carbons (Fsp3) is 0.250. The molecule has 1 saturated carbocycles. The summed E-state index contributed by atoms with van der Waals surface area (Å²) < 4.78 is 14.9. The Hall–Kier alpha value is -3.02. The number of amides is 1. The van der Waals surface area contributed by atoms with Gasteiger partial charge >= 0.3 is 0 Å². The lowest BCUT2D eigenvalue weighted by molar-refractivity contribution is -0.121. The zero-order chi connectivity index (χ0) is 18.0. The molecule has 132 valence electrons. The summed E-state index contributed by atoms with van der Waals surface area (Å²) in [4.78, 5) is 17.0. The lowest BCUT2D eigenvalue weighted by atomic mass is 9.78. The van der Waals surface area contributed by atoms with Crippen LogP contribution >= 0.6 is 0 Å². The maximum atomic E-state index is 13.3. The van der Waals surface area contributed by atoms with Crippen molar-refractivity contribution >= 4 is 11.6 Å². The molecule has 1 aliphatic carbocycles. The number of hydrogen-bond acceptors (Lipinski definition) is 3. The summed E-state index contributed by atoms with van der Waals surface area (Å²) in [5.41, 5.74) is 1.90. The van der Waals surface area contributed by atoms with E-state index in [-0.39, 0.29) is 11.7 Å². The Morgan fingerprint density at radius 3 is 2.35 bits per heavy atom. The standard InChI is InChI=1S/C20H19FN4O/c21-16-5-3-15(4-6-16)20(11-1-2-12-20)19(26)24-17-7-9-18(10-8-17)25-14-22-13-23-25/h3-10,13-14H,1-2,11-12H2,(H,24,26). The van der Waals surface area contributed by atoms with Crippen LogP contribution < -0.4 is 5.32 Å². The van der Waals surface area contributed by atoms with Gasteiger partial charge in [0, 0.05) is 5.69 Å². The number of aromatic nitrogens is 3. The Kier molecular flexibility index (Phi) is 4.24. The second kappa shape index (κ2) is 6.71. The normalized spacial score (nSPS) is 15.7. The van der Waals surface area contributed by atoms with Crippen LogP contribution in [-0.2, 0) is 10.2 Å². The van der Waals surface area contributed by atoms with Crippen molar-refractivity contribution in [3.05, 3.63) is 72.6 Å². The number of benzene rings is 2. The van der Waals surface area contributed by atoms with E-state index in [1.165, 1.54) is 18.5 Å². The zero-order valence-electron chi connectivity index (χ0n) is 14.2. The second-order valence-corrected chi connectivity index (χ2v) is 6.64. The Morgan fingerprint density at radius 2 is 1.73 bits per heavy atom. The molecular formula is C20H19FN4O. The third kappa shape index (κ3) is 2.98. The van der Waals surface area contributed by atoms with E-state index in [9.17, 15) is 9.18 Å². The maximum absolute atomic E-state index is 13.3. The Morgan fingerprint density at radius 1 is 1.04 bits per heavy atom. The van der Waals surface area contributed by atoms with Crippen molar-refractivity contribution < 1.29 is 9.18 Å². The Bertz CT molecular complexity index is 883. The van der Waals surface area contributed by atoms with E-state index in [2.05, 4.69) is 15.4 Å². The molecule has 1 amide bonds. The fourth-order valence-corrected chi connectivity index (χ4v) is 3.68. The number of rotatable bonds is 4. The van der Waals surface area contributed by atoms with E-state index in [0.717, 1.165) is 42.6 Å².